The molecule has 0 bridgehead atoms. The smallest absolute Gasteiger partial charge is 0.175 e. The second-order valence-electron chi connectivity index (χ2n) is 6.62. The monoisotopic (exact) mass is 371 g/mol. The number of carbonyl (C=O) groups excluding carboxylic acids is 1. The molecule has 136 valence electrons. The van der Waals surface area contributed by atoms with Crippen LogP contribution in [-0.4, -0.2) is 35.9 Å². The van der Waals surface area contributed by atoms with Crippen LogP contribution in [0, 0.1) is 11.7 Å². The van der Waals surface area contributed by atoms with Crippen LogP contribution < -0.4 is 10.6 Å². The standard InChI is InChI=1S/C20H22FN3OS/c1-23-11-9-14(10-12-23)19(25)15-5-4-6-16(13-15)24(20(22)26)18-8-3-2-7-17(18)21/h2-8,13-14H,9-12H2,1H3,(H2,22,26). The number of para-hydroxylation sites is 1. The molecule has 2 aromatic rings. The second-order valence-corrected chi connectivity index (χ2v) is 7.04. The van der Waals surface area contributed by atoms with Crippen LogP contribution in [0.4, 0.5) is 15.8 Å². The molecule has 6 heteroatoms. The van der Waals surface area contributed by atoms with Gasteiger partial charge < -0.3 is 10.6 Å². The molecule has 0 amide bonds. The Labute approximate surface area is 158 Å². The summed E-state index contributed by atoms with van der Waals surface area (Å²) in [4.78, 5) is 16.6. The number of hydrogen-bond acceptors (Lipinski definition) is 3. The van der Waals surface area contributed by atoms with Crippen molar-refractivity contribution in [1.29, 1.82) is 0 Å². The molecular weight excluding hydrogens is 349 g/mol. The summed E-state index contributed by atoms with van der Waals surface area (Å²) in [6.45, 7) is 1.84. The summed E-state index contributed by atoms with van der Waals surface area (Å²) in [7, 11) is 2.07. The van der Waals surface area contributed by atoms with Crippen molar-refractivity contribution < 1.29 is 9.18 Å². The van der Waals surface area contributed by atoms with E-state index in [1.54, 1.807) is 42.5 Å². The fraction of sp³-hybridized carbons (Fsp3) is 0.300. The van der Waals surface area contributed by atoms with Crippen LogP contribution in [-0.2, 0) is 0 Å². The van der Waals surface area contributed by atoms with E-state index >= 15 is 0 Å². The number of likely N-dealkylation sites (tertiary alicyclic amines) is 1. The Morgan fingerprint density at radius 1 is 1.19 bits per heavy atom. The van der Waals surface area contributed by atoms with Crippen LogP contribution in [0.1, 0.15) is 23.2 Å². The fourth-order valence-corrected chi connectivity index (χ4v) is 3.53. The van der Waals surface area contributed by atoms with Gasteiger partial charge in [0, 0.05) is 17.2 Å². The first-order chi connectivity index (χ1) is 12.5. The van der Waals surface area contributed by atoms with Gasteiger partial charge in [-0.25, -0.2) is 4.39 Å². The van der Waals surface area contributed by atoms with Crippen molar-refractivity contribution in [3.05, 3.63) is 59.9 Å². The molecular formula is C20H22FN3OS. The van der Waals surface area contributed by atoms with E-state index in [9.17, 15) is 9.18 Å². The Hall–Kier alpha value is -2.31. The Morgan fingerprint density at radius 2 is 1.88 bits per heavy atom. The lowest BCUT2D eigenvalue weighted by Crippen LogP contribution is -2.34. The van der Waals surface area contributed by atoms with Gasteiger partial charge >= 0.3 is 0 Å². The molecule has 0 unspecified atom stereocenters. The molecule has 1 aliphatic rings. The van der Waals surface area contributed by atoms with Gasteiger partial charge in [0.1, 0.15) is 5.82 Å². The molecule has 1 heterocycles. The fourth-order valence-electron chi connectivity index (χ4n) is 3.32. The summed E-state index contributed by atoms with van der Waals surface area (Å²) in [6.07, 6.45) is 1.71. The van der Waals surface area contributed by atoms with Crippen LogP contribution in [0.3, 0.4) is 0 Å². The normalized spacial score (nSPS) is 15.6. The van der Waals surface area contributed by atoms with Gasteiger partial charge in [-0.15, -0.1) is 0 Å². The maximum absolute atomic E-state index is 14.2. The first-order valence-electron chi connectivity index (χ1n) is 8.64. The number of anilines is 2. The topological polar surface area (TPSA) is 49.6 Å². The van der Waals surface area contributed by atoms with Gasteiger partial charge in [-0.2, -0.15) is 0 Å². The summed E-state index contributed by atoms with van der Waals surface area (Å²) >= 11 is 5.13. The van der Waals surface area contributed by atoms with Crippen molar-refractivity contribution in [3.63, 3.8) is 0 Å². The lowest BCUT2D eigenvalue weighted by atomic mass is 9.89. The summed E-state index contributed by atoms with van der Waals surface area (Å²) < 4.78 is 14.2. The number of Topliss-reactive ketones (excluding diaryl/α,β-unsaturated/α-hetero) is 1. The van der Waals surface area contributed by atoms with Gasteiger partial charge in [-0.3, -0.25) is 9.69 Å². The summed E-state index contributed by atoms with van der Waals surface area (Å²) in [5.41, 5.74) is 7.31. The quantitative estimate of drug-likeness (QED) is 0.655. The predicted octanol–water partition coefficient (Wildman–Crippen LogP) is 3.73. The van der Waals surface area contributed by atoms with E-state index < -0.39 is 5.82 Å². The first kappa shape index (κ1) is 18.5. The Bertz CT molecular complexity index is 818. The van der Waals surface area contributed by atoms with E-state index in [0.717, 1.165) is 25.9 Å². The van der Waals surface area contributed by atoms with Gasteiger partial charge in [0.2, 0.25) is 0 Å². The van der Waals surface area contributed by atoms with Crippen LogP contribution in [0.2, 0.25) is 0 Å². The number of ketones is 1. The van der Waals surface area contributed by atoms with Crippen molar-refractivity contribution in [2.24, 2.45) is 11.7 Å². The molecule has 4 nitrogen and oxygen atoms in total. The number of rotatable bonds is 4. The lowest BCUT2D eigenvalue weighted by molar-refractivity contribution is 0.0857. The second kappa shape index (κ2) is 7.93. The van der Waals surface area contributed by atoms with Crippen molar-refractivity contribution in [3.8, 4) is 0 Å². The molecule has 1 aliphatic heterocycles. The summed E-state index contributed by atoms with van der Waals surface area (Å²) in [5.74, 6) is -0.281. The minimum absolute atomic E-state index is 0.0215. The molecule has 0 aromatic heterocycles. The van der Waals surface area contributed by atoms with Gasteiger partial charge in [-0.05, 0) is 69.5 Å². The molecule has 0 radical (unpaired) electrons. The van der Waals surface area contributed by atoms with E-state index in [2.05, 4.69) is 11.9 Å². The molecule has 26 heavy (non-hydrogen) atoms. The number of carbonyl (C=O) groups is 1. The molecule has 2 aromatic carbocycles. The van der Waals surface area contributed by atoms with E-state index in [-0.39, 0.29) is 22.5 Å². The number of nitrogens with zero attached hydrogens (tertiary/aromatic N) is 2. The minimum atomic E-state index is -0.424. The van der Waals surface area contributed by atoms with E-state index in [0.29, 0.717) is 11.3 Å². The number of nitrogens with two attached hydrogens (primary N) is 1. The Kier molecular flexibility index (Phi) is 5.64. The highest BCUT2D eigenvalue weighted by atomic mass is 32.1. The molecule has 3 rings (SSSR count). The van der Waals surface area contributed by atoms with Crippen LogP contribution in [0.15, 0.2) is 48.5 Å². The molecule has 1 saturated heterocycles. The van der Waals surface area contributed by atoms with Crippen LogP contribution in [0.25, 0.3) is 0 Å². The van der Waals surface area contributed by atoms with Gasteiger partial charge in [0.05, 0.1) is 5.69 Å². The van der Waals surface area contributed by atoms with Gasteiger partial charge in [0.25, 0.3) is 0 Å². The minimum Gasteiger partial charge on any atom is -0.376 e. The van der Waals surface area contributed by atoms with Crippen molar-refractivity contribution in [2.45, 2.75) is 12.8 Å². The largest absolute Gasteiger partial charge is 0.376 e. The predicted molar refractivity (Wildman–Crippen MR) is 106 cm³/mol. The molecule has 0 aliphatic carbocycles. The van der Waals surface area contributed by atoms with Gasteiger partial charge in [0.15, 0.2) is 10.9 Å². The SMILES string of the molecule is CN1CCC(C(=O)c2cccc(N(C(N)=S)c3ccccc3F)c2)CC1. The van der Waals surface area contributed by atoms with E-state index in [1.165, 1.54) is 11.0 Å². The Balaban J connectivity index is 1.91. The Morgan fingerprint density at radius 3 is 2.54 bits per heavy atom. The van der Waals surface area contributed by atoms with E-state index in [1.807, 2.05) is 0 Å². The molecule has 2 N–H and O–H groups in total. The number of hydrogen-bond donors (Lipinski definition) is 1. The van der Waals surface area contributed by atoms with Gasteiger partial charge in [-0.1, -0.05) is 24.3 Å². The third-order valence-corrected chi connectivity index (χ3v) is 4.97. The molecule has 1 fully saturated rings. The average molecular weight is 371 g/mol. The number of piperidine rings is 1. The highest BCUT2D eigenvalue weighted by Gasteiger charge is 2.25. The summed E-state index contributed by atoms with van der Waals surface area (Å²) in [6, 6.07) is 13.4. The van der Waals surface area contributed by atoms with Crippen molar-refractivity contribution >= 4 is 34.5 Å². The summed E-state index contributed by atoms with van der Waals surface area (Å²) in [5, 5.41) is 0.0268. The van der Waals surface area contributed by atoms with Crippen LogP contribution >= 0.6 is 12.2 Å². The van der Waals surface area contributed by atoms with Crippen molar-refractivity contribution in [2.75, 3.05) is 25.0 Å². The molecule has 0 spiro atoms. The molecule has 0 saturated carbocycles. The van der Waals surface area contributed by atoms with E-state index in [4.69, 9.17) is 18.0 Å². The van der Waals surface area contributed by atoms with Crippen molar-refractivity contribution in [1.82, 2.24) is 4.90 Å². The zero-order valence-corrected chi connectivity index (χ0v) is 15.5. The van der Waals surface area contributed by atoms with Crippen LogP contribution in [0.5, 0.6) is 0 Å². The number of benzene rings is 2. The molecule has 0 atom stereocenters. The lowest BCUT2D eigenvalue weighted by Gasteiger charge is -2.28. The zero-order valence-electron chi connectivity index (χ0n) is 14.7. The highest BCUT2D eigenvalue weighted by molar-refractivity contribution is 7.80. The highest BCUT2D eigenvalue weighted by Crippen LogP contribution is 2.30. The number of thiocarbonyl (C=S) groups is 1. The number of halogens is 1. The maximum Gasteiger partial charge on any atom is 0.175 e. The zero-order chi connectivity index (χ0) is 18.7. The third-order valence-electron chi connectivity index (χ3n) is 4.79. The first-order valence-corrected chi connectivity index (χ1v) is 9.05. The third kappa shape index (κ3) is 3.92. The maximum atomic E-state index is 14.2. The average Bonchev–Trinajstić information content (AvgIpc) is 2.64.